The number of ether oxygens (including phenoxy) is 3. The molecule has 178 valence electrons. The molecule has 1 N–H and O–H groups in total. The zero-order valence-electron chi connectivity index (χ0n) is 19.3. The lowest BCUT2D eigenvalue weighted by Crippen LogP contribution is -2.34. The van der Waals surface area contributed by atoms with Crippen LogP contribution in [0.15, 0.2) is 54.6 Å². The van der Waals surface area contributed by atoms with Gasteiger partial charge in [-0.25, -0.2) is 4.79 Å². The second-order valence-electron chi connectivity index (χ2n) is 8.54. The molecule has 2 aromatic rings. The zero-order valence-corrected chi connectivity index (χ0v) is 20.1. The molecule has 8 heteroatoms. The molecule has 1 amide bonds. The standard InChI is InChI=1S/C25H30ClNO6/c1-17(32-23(29)25(2,3)4)33-24(30)27-15-14-21(19-10-12-20(26)13-11-19)22(28)31-16-18-8-6-5-7-9-18/h5-13,17,21H,14-16H2,1-4H3,(H,27,30). The van der Waals surface area contributed by atoms with E-state index in [2.05, 4.69) is 5.32 Å². The highest BCUT2D eigenvalue weighted by Crippen LogP contribution is 2.24. The number of rotatable bonds is 9. The highest BCUT2D eigenvalue weighted by atomic mass is 35.5. The molecule has 0 saturated heterocycles. The maximum absolute atomic E-state index is 12.8. The van der Waals surface area contributed by atoms with E-state index in [9.17, 15) is 14.4 Å². The van der Waals surface area contributed by atoms with Gasteiger partial charge in [0.2, 0.25) is 6.29 Å². The van der Waals surface area contributed by atoms with Gasteiger partial charge in [0.15, 0.2) is 0 Å². The maximum atomic E-state index is 12.8. The minimum Gasteiger partial charge on any atom is -0.460 e. The predicted molar refractivity (Wildman–Crippen MR) is 125 cm³/mol. The Morgan fingerprint density at radius 1 is 0.970 bits per heavy atom. The predicted octanol–water partition coefficient (Wildman–Crippen LogP) is 5.22. The smallest absolute Gasteiger partial charge is 0.410 e. The molecule has 0 spiro atoms. The van der Waals surface area contributed by atoms with Crippen LogP contribution < -0.4 is 5.32 Å². The quantitative estimate of drug-likeness (QED) is 0.395. The fraction of sp³-hybridized carbons (Fsp3) is 0.400. The number of nitrogens with one attached hydrogen (secondary N) is 1. The number of esters is 2. The average Bonchev–Trinajstić information content (AvgIpc) is 2.76. The van der Waals surface area contributed by atoms with Crippen molar-refractivity contribution >= 4 is 29.6 Å². The van der Waals surface area contributed by atoms with Gasteiger partial charge < -0.3 is 19.5 Å². The number of halogens is 1. The van der Waals surface area contributed by atoms with Crippen LogP contribution in [0, 0.1) is 5.41 Å². The fourth-order valence-electron chi connectivity index (χ4n) is 2.81. The lowest BCUT2D eigenvalue weighted by atomic mass is 9.96. The molecule has 2 unspecified atom stereocenters. The van der Waals surface area contributed by atoms with Gasteiger partial charge in [-0.1, -0.05) is 54.1 Å². The number of amides is 1. The lowest BCUT2D eigenvalue weighted by molar-refractivity contribution is -0.174. The van der Waals surface area contributed by atoms with E-state index >= 15 is 0 Å². The summed E-state index contributed by atoms with van der Waals surface area (Å²) in [4.78, 5) is 36.8. The van der Waals surface area contributed by atoms with E-state index in [1.165, 1.54) is 6.92 Å². The molecule has 0 fully saturated rings. The Kier molecular flexibility index (Phi) is 9.73. The molecular weight excluding hydrogens is 446 g/mol. The third kappa shape index (κ3) is 9.14. The highest BCUT2D eigenvalue weighted by molar-refractivity contribution is 6.30. The van der Waals surface area contributed by atoms with Gasteiger partial charge in [0.25, 0.3) is 0 Å². The summed E-state index contributed by atoms with van der Waals surface area (Å²) in [6.45, 7) is 6.87. The van der Waals surface area contributed by atoms with Crippen LogP contribution in [0.5, 0.6) is 0 Å². The molecule has 0 aliphatic rings. The van der Waals surface area contributed by atoms with Crippen molar-refractivity contribution in [3.05, 3.63) is 70.7 Å². The molecule has 0 heterocycles. The molecule has 0 bridgehead atoms. The van der Waals surface area contributed by atoms with Gasteiger partial charge in [-0.2, -0.15) is 0 Å². The van der Waals surface area contributed by atoms with E-state index in [4.69, 9.17) is 25.8 Å². The molecule has 0 aliphatic carbocycles. The molecule has 0 radical (unpaired) electrons. The molecule has 33 heavy (non-hydrogen) atoms. The molecule has 2 aromatic carbocycles. The molecular formula is C25H30ClNO6. The number of hydrogen-bond donors (Lipinski definition) is 1. The topological polar surface area (TPSA) is 90.9 Å². The Morgan fingerprint density at radius 3 is 2.21 bits per heavy atom. The van der Waals surface area contributed by atoms with Gasteiger partial charge in [-0.3, -0.25) is 9.59 Å². The van der Waals surface area contributed by atoms with E-state index < -0.39 is 35.7 Å². The number of benzene rings is 2. The van der Waals surface area contributed by atoms with E-state index in [1.54, 1.807) is 45.0 Å². The Morgan fingerprint density at radius 2 is 1.61 bits per heavy atom. The van der Waals surface area contributed by atoms with Crippen LogP contribution in [0.1, 0.15) is 51.2 Å². The Labute approximate surface area is 199 Å². The van der Waals surface area contributed by atoms with Crippen LogP contribution in [0.25, 0.3) is 0 Å². The molecule has 0 aliphatic heterocycles. The van der Waals surface area contributed by atoms with Crippen LogP contribution in [0.2, 0.25) is 5.02 Å². The van der Waals surface area contributed by atoms with Crippen molar-refractivity contribution in [1.82, 2.24) is 5.32 Å². The normalized spacial score (nSPS) is 12.9. The van der Waals surface area contributed by atoms with E-state index in [1.807, 2.05) is 30.3 Å². The molecule has 0 aromatic heterocycles. The minimum atomic E-state index is -1.04. The molecule has 7 nitrogen and oxygen atoms in total. The second-order valence-corrected chi connectivity index (χ2v) is 8.98. The summed E-state index contributed by atoms with van der Waals surface area (Å²) in [5.74, 6) is -1.50. The summed E-state index contributed by atoms with van der Waals surface area (Å²) in [5, 5.41) is 3.13. The first-order valence-corrected chi connectivity index (χ1v) is 11.1. The van der Waals surface area contributed by atoms with Gasteiger partial charge in [0, 0.05) is 18.5 Å². The Bertz CT molecular complexity index is 924. The van der Waals surface area contributed by atoms with Gasteiger partial charge in [-0.05, 0) is 50.5 Å². The van der Waals surface area contributed by atoms with Crippen molar-refractivity contribution in [2.75, 3.05) is 6.54 Å². The third-order valence-corrected chi connectivity index (χ3v) is 4.89. The van der Waals surface area contributed by atoms with E-state index in [-0.39, 0.29) is 19.6 Å². The third-order valence-electron chi connectivity index (χ3n) is 4.64. The summed E-state index contributed by atoms with van der Waals surface area (Å²) in [5.41, 5.74) is 0.890. The number of hydrogen-bond acceptors (Lipinski definition) is 6. The van der Waals surface area contributed by atoms with Crippen molar-refractivity contribution in [3.63, 3.8) is 0 Å². The van der Waals surface area contributed by atoms with E-state index in [0.717, 1.165) is 11.1 Å². The van der Waals surface area contributed by atoms with Gasteiger partial charge in [-0.15, -0.1) is 0 Å². The molecule has 2 rings (SSSR count). The monoisotopic (exact) mass is 475 g/mol. The minimum absolute atomic E-state index is 0.145. The average molecular weight is 476 g/mol. The first kappa shape index (κ1) is 26.2. The van der Waals surface area contributed by atoms with Gasteiger partial charge >= 0.3 is 18.0 Å². The van der Waals surface area contributed by atoms with E-state index in [0.29, 0.717) is 5.02 Å². The molecule has 0 saturated carbocycles. The SMILES string of the molecule is CC(OC(=O)NCCC(C(=O)OCc1ccccc1)c1ccc(Cl)cc1)OC(=O)C(C)(C)C. The number of carbonyl (C=O) groups excluding carboxylic acids is 3. The van der Waals surface area contributed by atoms with Crippen LogP contribution in [-0.4, -0.2) is 30.9 Å². The van der Waals surface area contributed by atoms with Crippen molar-refractivity contribution in [1.29, 1.82) is 0 Å². The maximum Gasteiger partial charge on any atom is 0.410 e. The largest absolute Gasteiger partial charge is 0.460 e. The fourth-order valence-corrected chi connectivity index (χ4v) is 2.93. The first-order valence-electron chi connectivity index (χ1n) is 10.7. The van der Waals surface area contributed by atoms with Gasteiger partial charge in [0.05, 0.1) is 11.3 Å². The van der Waals surface area contributed by atoms with Crippen LogP contribution in [-0.2, 0) is 30.4 Å². The summed E-state index contributed by atoms with van der Waals surface area (Å²) in [7, 11) is 0. The summed E-state index contributed by atoms with van der Waals surface area (Å²) in [6.07, 6.45) is -1.52. The first-order chi connectivity index (χ1) is 15.6. The highest BCUT2D eigenvalue weighted by Gasteiger charge is 2.26. The number of alkyl carbamates (subject to hydrolysis) is 1. The summed E-state index contributed by atoms with van der Waals surface area (Å²) >= 11 is 5.97. The van der Waals surface area contributed by atoms with Crippen molar-refractivity contribution in [2.24, 2.45) is 5.41 Å². The van der Waals surface area contributed by atoms with Crippen molar-refractivity contribution in [3.8, 4) is 0 Å². The zero-order chi connectivity index (χ0) is 24.4. The summed E-state index contributed by atoms with van der Waals surface area (Å²) < 4.78 is 15.7. The van der Waals surface area contributed by atoms with Crippen LogP contribution >= 0.6 is 11.6 Å². The van der Waals surface area contributed by atoms with Crippen molar-refractivity contribution < 1.29 is 28.6 Å². The lowest BCUT2D eigenvalue weighted by Gasteiger charge is -2.21. The van der Waals surface area contributed by atoms with Crippen molar-refractivity contribution in [2.45, 2.75) is 52.9 Å². The van der Waals surface area contributed by atoms with Crippen LogP contribution in [0.4, 0.5) is 4.79 Å². The Hall–Kier alpha value is -3.06. The van der Waals surface area contributed by atoms with Crippen LogP contribution in [0.3, 0.4) is 0 Å². The van der Waals surface area contributed by atoms with Gasteiger partial charge in [0.1, 0.15) is 6.61 Å². The molecule has 2 atom stereocenters. The second kappa shape index (κ2) is 12.3. The summed E-state index contributed by atoms with van der Waals surface area (Å²) in [6, 6.07) is 16.3. The Balaban J connectivity index is 1.92. The number of carbonyl (C=O) groups is 3.